The van der Waals surface area contributed by atoms with Gasteiger partial charge < -0.3 is 15.5 Å². The van der Waals surface area contributed by atoms with Crippen LogP contribution in [0.5, 0.6) is 0 Å². The molecule has 33 heavy (non-hydrogen) atoms. The normalized spacial score (nSPS) is 19.1. The predicted octanol–water partition coefficient (Wildman–Crippen LogP) is 2.43. The third kappa shape index (κ3) is 7.02. The monoisotopic (exact) mass is 570 g/mol. The first kappa shape index (κ1) is 25.7. The Morgan fingerprint density at radius 3 is 2.76 bits per heavy atom. The van der Waals surface area contributed by atoms with Crippen molar-refractivity contribution < 1.29 is 4.39 Å². The Balaban J connectivity index is 0.00000306. The maximum Gasteiger partial charge on any atom is 0.191 e. The maximum absolute atomic E-state index is 14.0. The highest BCUT2D eigenvalue weighted by Crippen LogP contribution is 2.20. The number of anilines is 1. The first-order valence-electron chi connectivity index (χ1n) is 11.8. The van der Waals surface area contributed by atoms with E-state index in [2.05, 4.69) is 37.4 Å². The number of halogens is 2. The van der Waals surface area contributed by atoms with Gasteiger partial charge in [0, 0.05) is 58.3 Å². The molecule has 1 unspecified atom stereocenters. The van der Waals surface area contributed by atoms with Gasteiger partial charge >= 0.3 is 0 Å². The van der Waals surface area contributed by atoms with E-state index in [0.29, 0.717) is 11.7 Å². The maximum atomic E-state index is 14.0. The highest BCUT2D eigenvalue weighted by molar-refractivity contribution is 14.0. The van der Waals surface area contributed by atoms with Crippen LogP contribution in [0.25, 0.3) is 0 Å². The molecule has 1 aromatic heterocycles. The number of aromatic nitrogens is 3. The topological polar surface area (TPSA) is 73.6 Å². The quantitative estimate of drug-likeness (QED) is 0.231. The van der Waals surface area contributed by atoms with Crippen molar-refractivity contribution in [1.82, 2.24) is 30.3 Å². The fourth-order valence-corrected chi connectivity index (χ4v) is 4.47. The third-order valence-electron chi connectivity index (χ3n) is 6.12. The van der Waals surface area contributed by atoms with Crippen LogP contribution in [-0.2, 0) is 13.0 Å². The number of guanidine groups is 1. The fourth-order valence-electron chi connectivity index (χ4n) is 4.47. The van der Waals surface area contributed by atoms with Crippen LogP contribution in [0.4, 0.5) is 10.1 Å². The number of para-hydroxylation sites is 1. The number of benzene rings is 1. The molecule has 2 N–H and O–H groups in total. The number of aryl methyl sites for hydroxylation is 2. The number of nitrogens with one attached hydrogen (secondary N) is 2. The summed E-state index contributed by atoms with van der Waals surface area (Å²) in [6, 6.07) is 7.36. The summed E-state index contributed by atoms with van der Waals surface area (Å²) in [7, 11) is 0. The summed E-state index contributed by atoms with van der Waals surface area (Å²) in [4.78, 5) is 13.9. The number of hydrogen-bond acceptors (Lipinski definition) is 5. The lowest BCUT2D eigenvalue weighted by molar-refractivity contribution is 0.256. The van der Waals surface area contributed by atoms with Crippen molar-refractivity contribution in [1.29, 1.82) is 0 Å². The Kier molecular flexibility index (Phi) is 9.72. The van der Waals surface area contributed by atoms with Crippen LogP contribution in [0.3, 0.4) is 0 Å². The molecular weight excluding hydrogens is 534 g/mol. The summed E-state index contributed by atoms with van der Waals surface area (Å²) in [6.07, 6.45) is 2.99. The first-order valence-corrected chi connectivity index (χ1v) is 11.8. The van der Waals surface area contributed by atoms with Crippen LogP contribution in [0.1, 0.15) is 31.4 Å². The molecule has 8 nitrogen and oxygen atoms in total. The van der Waals surface area contributed by atoms with Gasteiger partial charge in [-0.3, -0.25) is 9.89 Å². The Hall–Kier alpha value is -1.95. The first-order chi connectivity index (χ1) is 15.6. The van der Waals surface area contributed by atoms with Gasteiger partial charge in [0.25, 0.3) is 0 Å². The molecule has 0 bridgehead atoms. The number of aliphatic imine (C=N–C) groups is 1. The molecule has 10 heteroatoms. The van der Waals surface area contributed by atoms with Crippen molar-refractivity contribution >= 4 is 35.6 Å². The molecule has 1 saturated heterocycles. The average molecular weight is 570 g/mol. The summed E-state index contributed by atoms with van der Waals surface area (Å²) in [5, 5.41) is 11.4. The molecule has 4 rings (SSSR count). The molecular formula is C23H36FIN8. The molecule has 1 atom stereocenters. The van der Waals surface area contributed by atoms with Crippen LogP contribution >= 0.6 is 24.0 Å². The number of nitrogens with zero attached hydrogens (tertiary/aromatic N) is 6. The summed E-state index contributed by atoms with van der Waals surface area (Å²) in [5.74, 6) is 2.67. The van der Waals surface area contributed by atoms with Crippen molar-refractivity contribution in [2.45, 2.75) is 45.7 Å². The molecule has 1 aromatic carbocycles. The van der Waals surface area contributed by atoms with Gasteiger partial charge in [-0.15, -0.1) is 24.0 Å². The predicted molar refractivity (Wildman–Crippen MR) is 141 cm³/mol. The minimum Gasteiger partial charge on any atom is -0.367 e. The van der Waals surface area contributed by atoms with Crippen molar-refractivity contribution in [3.8, 4) is 0 Å². The zero-order chi connectivity index (χ0) is 22.3. The van der Waals surface area contributed by atoms with E-state index in [1.54, 1.807) is 6.07 Å². The average Bonchev–Trinajstić information content (AvgIpc) is 3.17. The van der Waals surface area contributed by atoms with Gasteiger partial charge in [0.2, 0.25) is 0 Å². The molecule has 1 fully saturated rings. The van der Waals surface area contributed by atoms with E-state index < -0.39 is 0 Å². The second-order valence-corrected chi connectivity index (χ2v) is 8.53. The second kappa shape index (κ2) is 12.5. The van der Waals surface area contributed by atoms with Crippen LogP contribution < -0.4 is 15.5 Å². The van der Waals surface area contributed by atoms with Crippen molar-refractivity contribution in [3.63, 3.8) is 0 Å². The number of rotatable bonds is 7. The van der Waals surface area contributed by atoms with Gasteiger partial charge in [0.15, 0.2) is 5.96 Å². The number of piperazine rings is 1. The van der Waals surface area contributed by atoms with E-state index in [1.165, 1.54) is 6.07 Å². The lowest BCUT2D eigenvalue weighted by Crippen LogP contribution is -2.47. The van der Waals surface area contributed by atoms with Crippen molar-refractivity contribution in [2.75, 3.05) is 50.7 Å². The molecule has 0 spiro atoms. The second-order valence-electron chi connectivity index (χ2n) is 8.53. The SMILES string of the molecule is CCNC(=NCCCN1CCN(c2ccccc2F)CC1)NC1CCc2nc(C)nn2C1.I. The molecule has 0 amide bonds. The standard InChI is InChI=1S/C23H35FN8.HI/c1-3-25-23(28-19-9-10-22-27-18(2)29-32(22)17-19)26-11-6-12-30-13-15-31(16-14-30)21-8-5-4-7-20(21)24;/h4-5,7-8,19H,3,6,9-17H2,1-2H3,(H2,25,26,28);1H. The Morgan fingerprint density at radius 1 is 1.21 bits per heavy atom. The van der Waals surface area contributed by atoms with E-state index in [9.17, 15) is 4.39 Å². The minimum atomic E-state index is -0.133. The molecule has 2 aliphatic rings. The zero-order valence-electron chi connectivity index (χ0n) is 19.6. The Labute approximate surface area is 213 Å². The third-order valence-corrected chi connectivity index (χ3v) is 6.12. The molecule has 182 valence electrons. The van der Waals surface area contributed by atoms with Gasteiger partial charge in [-0.05, 0) is 38.8 Å². The van der Waals surface area contributed by atoms with Gasteiger partial charge in [0.05, 0.1) is 12.2 Å². The van der Waals surface area contributed by atoms with Crippen molar-refractivity contribution in [3.05, 3.63) is 41.7 Å². The minimum absolute atomic E-state index is 0. The lowest BCUT2D eigenvalue weighted by atomic mass is 10.1. The largest absolute Gasteiger partial charge is 0.367 e. The van der Waals surface area contributed by atoms with E-state index >= 15 is 0 Å². The summed E-state index contributed by atoms with van der Waals surface area (Å²) in [6.45, 7) is 11.1. The van der Waals surface area contributed by atoms with Gasteiger partial charge in [-0.2, -0.15) is 5.10 Å². The molecule has 0 saturated carbocycles. The molecule has 2 aliphatic heterocycles. The van der Waals surface area contributed by atoms with Gasteiger partial charge in [0.1, 0.15) is 17.5 Å². The van der Waals surface area contributed by atoms with E-state index in [4.69, 9.17) is 4.99 Å². The molecule has 2 aromatic rings. The van der Waals surface area contributed by atoms with Crippen molar-refractivity contribution in [2.24, 2.45) is 4.99 Å². The summed E-state index contributed by atoms with van der Waals surface area (Å²) >= 11 is 0. The molecule has 0 radical (unpaired) electrons. The fraction of sp³-hybridized carbons (Fsp3) is 0.609. The Morgan fingerprint density at radius 2 is 2.00 bits per heavy atom. The van der Waals surface area contributed by atoms with Crippen LogP contribution in [0.2, 0.25) is 0 Å². The number of hydrogen-bond donors (Lipinski definition) is 2. The van der Waals surface area contributed by atoms with E-state index in [1.807, 2.05) is 23.7 Å². The smallest absolute Gasteiger partial charge is 0.191 e. The number of fused-ring (bicyclic) bond motifs is 1. The highest BCUT2D eigenvalue weighted by atomic mass is 127. The van der Waals surface area contributed by atoms with E-state index in [0.717, 1.165) is 89.2 Å². The Bertz CT molecular complexity index is 910. The van der Waals surface area contributed by atoms with Crippen LogP contribution in [-0.4, -0.2) is 77.5 Å². The lowest BCUT2D eigenvalue weighted by Gasteiger charge is -2.36. The molecule has 0 aliphatic carbocycles. The summed E-state index contributed by atoms with van der Waals surface area (Å²) < 4.78 is 16.0. The van der Waals surface area contributed by atoms with Crippen LogP contribution in [0, 0.1) is 12.7 Å². The highest BCUT2D eigenvalue weighted by Gasteiger charge is 2.22. The zero-order valence-corrected chi connectivity index (χ0v) is 22.0. The van der Waals surface area contributed by atoms with E-state index in [-0.39, 0.29) is 29.8 Å². The van der Waals surface area contributed by atoms with Crippen LogP contribution in [0.15, 0.2) is 29.3 Å². The van der Waals surface area contributed by atoms with Gasteiger partial charge in [-0.1, -0.05) is 12.1 Å². The molecule has 3 heterocycles. The summed E-state index contributed by atoms with van der Waals surface area (Å²) in [5.41, 5.74) is 0.717. The van der Waals surface area contributed by atoms with Gasteiger partial charge in [-0.25, -0.2) is 14.1 Å².